The van der Waals surface area contributed by atoms with Crippen LogP contribution in [0.25, 0.3) is 0 Å². The molecule has 0 aliphatic heterocycles. The lowest BCUT2D eigenvalue weighted by Crippen LogP contribution is -2.43. The van der Waals surface area contributed by atoms with Crippen LogP contribution in [0.4, 0.5) is 0 Å². The van der Waals surface area contributed by atoms with Gasteiger partial charge in [0.1, 0.15) is 0 Å². The minimum atomic E-state index is -4.11. The molecule has 0 aliphatic carbocycles. The molecule has 3 aromatic rings. The summed E-state index contributed by atoms with van der Waals surface area (Å²) in [4.78, 5) is 26.1. The number of aromatic nitrogens is 2. The van der Waals surface area contributed by atoms with Crippen LogP contribution in [0.15, 0.2) is 63.1 Å². The number of benzene rings is 1. The lowest BCUT2D eigenvalue weighted by molar-refractivity contribution is 0.410. The zero-order chi connectivity index (χ0) is 21.2. The van der Waals surface area contributed by atoms with Crippen LogP contribution in [0.5, 0.6) is 0 Å². The molecule has 0 unspecified atom stereocenters. The van der Waals surface area contributed by atoms with Crippen molar-refractivity contribution in [1.29, 1.82) is 0 Å². The molecule has 2 aromatic heterocycles. The van der Waals surface area contributed by atoms with E-state index >= 15 is 0 Å². The minimum absolute atomic E-state index is 0.166. The molecule has 7 nitrogen and oxygen atoms in total. The maximum atomic E-state index is 13.4. The SMILES string of the molecule is Cc1ccc(CN(CCc2ccccc2)S(=O)(=O)c2cn(C)c(=O)n(C)c2=O)s1. The van der Waals surface area contributed by atoms with Crippen LogP contribution < -0.4 is 11.2 Å². The van der Waals surface area contributed by atoms with Crippen molar-refractivity contribution in [3.8, 4) is 0 Å². The number of nitrogens with zero attached hydrogens (tertiary/aromatic N) is 3. The van der Waals surface area contributed by atoms with Gasteiger partial charge in [0, 0.05) is 43.1 Å². The molecule has 0 fully saturated rings. The molecule has 0 amide bonds. The highest BCUT2D eigenvalue weighted by atomic mass is 32.2. The molecule has 0 N–H and O–H groups in total. The maximum Gasteiger partial charge on any atom is 0.330 e. The topological polar surface area (TPSA) is 81.4 Å². The lowest BCUT2D eigenvalue weighted by atomic mass is 10.1. The Bertz CT molecular complexity index is 1220. The standard InChI is InChI=1S/C20H23N3O4S2/c1-15-9-10-17(28-15)13-23(12-11-16-7-5-4-6-8-16)29(26,27)18-14-21(2)20(25)22(3)19(18)24/h4-10,14H,11-13H2,1-3H3. The number of aryl methyl sites for hydroxylation is 2. The lowest BCUT2D eigenvalue weighted by Gasteiger charge is -2.22. The fraction of sp³-hybridized carbons (Fsp3) is 0.300. The van der Waals surface area contributed by atoms with Crippen LogP contribution in [-0.2, 0) is 37.1 Å². The predicted molar refractivity (Wildman–Crippen MR) is 114 cm³/mol. The second-order valence-electron chi connectivity index (χ2n) is 6.84. The molecule has 29 heavy (non-hydrogen) atoms. The second kappa shape index (κ2) is 8.48. The van der Waals surface area contributed by atoms with E-state index in [9.17, 15) is 18.0 Å². The molecule has 0 spiro atoms. The summed E-state index contributed by atoms with van der Waals surface area (Å²) in [5, 5.41) is 0. The summed E-state index contributed by atoms with van der Waals surface area (Å²) < 4.78 is 30.0. The first-order valence-corrected chi connectivity index (χ1v) is 11.3. The monoisotopic (exact) mass is 433 g/mol. The van der Waals surface area contributed by atoms with Gasteiger partial charge in [-0.2, -0.15) is 4.31 Å². The van der Waals surface area contributed by atoms with E-state index < -0.39 is 26.2 Å². The van der Waals surface area contributed by atoms with Gasteiger partial charge in [-0.15, -0.1) is 11.3 Å². The van der Waals surface area contributed by atoms with Gasteiger partial charge in [-0.1, -0.05) is 30.3 Å². The molecule has 9 heteroatoms. The third kappa shape index (κ3) is 4.58. The summed E-state index contributed by atoms with van der Waals surface area (Å²) in [7, 11) is -1.40. The smallest absolute Gasteiger partial charge is 0.302 e. The van der Waals surface area contributed by atoms with E-state index in [1.165, 1.54) is 29.7 Å². The van der Waals surface area contributed by atoms with Gasteiger partial charge in [-0.3, -0.25) is 9.36 Å². The molecule has 0 radical (unpaired) electrons. The van der Waals surface area contributed by atoms with Crippen molar-refractivity contribution in [1.82, 2.24) is 13.4 Å². The normalized spacial score (nSPS) is 11.9. The Hall–Kier alpha value is -2.49. The van der Waals surface area contributed by atoms with E-state index in [0.29, 0.717) is 6.42 Å². The van der Waals surface area contributed by atoms with Crippen molar-refractivity contribution in [2.45, 2.75) is 24.8 Å². The highest BCUT2D eigenvalue weighted by Gasteiger charge is 2.29. The fourth-order valence-electron chi connectivity index (χ4n) is 3.02. The maximum absolute atomic E-state index is 13.4. The zero-order valence-electron chi connectivity index (χ0n) is 16.5. The van der Waals surface area contributed by atoms with Crippen molar-refractivity contribution >= 4 is 21.4 Å². The highest BCUT2D eigenvalue weighted by Crippen LogP contribution is 2.21. The van der Waals surface area contributed by atoms with Gasteiger partial charge in [0.25, 0.3) is 5.56 Å². The predicted octanol–water partition coefficient (Wildman–Crippen LogP) is 1.89. The third-order valence-corrected chi connectivity index (χ3v) is 7.47. The average Bonchev–Trinajstić information content (AvgIpc) is 3.11. The van der Waals surface area contributed by atoms with E-state index in [2.05, 4.69) is 0 Å². The molecular formula is C20H23N3O4S2. The highest BCUT2D eigenvalue weighted by molar-refractivity contribution is 7.89. The molecule has 0 aliphatic rings. The first-order chi connectivity index (χ1) is 13.7. The van der Waals surface area contributed by atoms with Gasteiger partial charge in [0.05, 0.1) is 0 Å². The third-order valence-electron chi connectivity index (χ3n) is 4.65. The van der Waals surface area contributed by atoms with E-state index in [0.717, 1.165) is 30.6 Å². The van der Waals surface area contributed by atoms with Crippen molar-refractivity contribution in [3.05, 3.63) is 84.8 Å². The van der Waals surface area contributed by atoms with Gasteiger partial charge < -0.3 is 4.57 Å². The molecule has 0 saturated carbocycles. The van der Waals surface area contributed by atoms with Crippen molar-refractivity contribution < 1.29 is 8.42 Å². The Labute approximate surface area is 173 Å². The Morgan fingerprint density at radius 1 is 1.03 bits per heavy atom. The van der Waals surface area contributed by atoms with Crippen LogP contribution in [0.3, 0.4) is 0 Å². The molecule has 2 heterocycles. The Kier molecular flexibility index (Phi) is 6.21. The van der Waals surface area contributed by atoms with Crippen LogP contribution in [0.2, 0.25) is 0 Å². The summed E-state index contributed by atoms with van der Waals surface area (Å²) >= 11 is 1.52. The summed E-state index contributed by atoms with van der Waals surface area (Å²) in [5.41, 5.74) is -0.387. The minimum Gasteiger partial charge on any atom is -0.302 e. The first kappa shape index (κ1) is 21.2. The van der Waals surface area contributed by atoms with E-state index in [1.54, 1.807) is 0 Å². The summed E-state index contributed by atoms with van der Waals surface area (Å²) in [6.45, 7) is 2.34. The zero-order valence-corrected chi connectivity index (χ0v) is 18.2. The quantitative estimate of drug-likeness (QED) is 0.570. The number of sulfonamides is 1. The summed E-state index contributed by atoms with van der Waals surface area (Å²) in [6, 6.07) is 13.4. The molecule has 154 valence electrons. The fourth-order valence-corrected chi connectivity index (χ4v) is 5.57. The number of rotatable bonds is 7. The first-order valence-electron chi connectivity index (χ1n) is 9.06. The van der Waals surface area contributed by atoms with Crippen LogP contribution >= 0.6 is 11.3 Å². The molecule has 3 rings (SSSR count). The molecule has 0 bridgehead atoms. The van der Waals surface area contributed by atoms with Gasteiger partial charge in [-0.05, 0) is 31.0 Å². The molecule has 1 aromatic carbocycles. The van der Waals surface area contributed by atoms with Crippen LogP contribution in [0, 0.1) is 6.92 Å². The Morgan fingerprint density at radius 3 is 2.34 bits per heavy atom. The summed E-state index contributed by atoms with van der Waals surface area (Å²) in [5.74, 6) is 0. The van der Waals surface area contributed by atoms with E-state index in [-0.39, 0.29) is 13.1 Å². The number of hydrogen-bond donors (Lipinski definition) is 0. The largest absolute Gasteiger partial charge is 0.330 e. The average molecular weight is 434 g/mol. The Morgan fingerprint density at radius 2 is 1.72 bits per heavy atom. The second-order valence-corrected chi connectivity index (χ2v) is 10.1. The van der Waals surface area contributed by atoms with Crippen LogP contribution in [-0.4, -0.2) is 28.4 Å². The van der Waals surface area contributed by atoms with E-state index in [4.69, 9.17) is 0 Å². The van der Waals surface area contributed by atoms with E-state index in [1.807, 2.05) is 49.4 Å². The van der Waals surface area contributed by atoms with Gasteiger partial charge in [0.2, 0.25) is 10.0 Å². The molecular weight excluding hydrogens is 410 g/mol. The van der Waals surface area contributed by atoms with Gasteiger partial charge in [0.15, 0.2) is 4.90 Å². The Balaban J connectivity index is 2.01. The molecule has 0 saturated heterocycles. The summed E-state index contributed by atoms with van der Waals surface area (Å²) in [6.07, 6.45) is 1.62. The van der Waals surface area contributed by atoms with Crippen molar-refractivity contribution in [2.24, 2.45) is 14.1 Å². The van der Waals surface area contributed by atoms with Crippen molar-refractivity contribution in [2.75, 3.05) is 6.54 Å². The van der Waals surface area contributed by atoms with Crippen molar-refractivity contribution in [3.63, 3.8) is 0 Å². The number of thiophene rings is 1. The van der Waals surface area contributed by atoms with Gasteiger partial charge in [-0.25, -0.2) is 13.2 Å². The van der Waals surface area contributed by atoms with Gasteiger partial charge >= 0.3 is 5.69 Å². The van der Waals surface area contributed by atoms with Crippen LogP contribution in [0.1, 0.15) is 15.3 Å². The number of hydrogen-bond acceptors (Lipinski definition) is 5. The molecule has 0 atom stereocenters.